The van der Waals surface area contributed by atoms with Crippen LogP contribution in [0.5, 0.6) is 0 Å². The van der Waals surface area contributed by atoms with E-state index in [1.54, 1.807) is 12.3 Å². The average Bonchev–Trinajstić information content (AvgIpc) is 3.41. The molecule has 1 amide bonds. The fourth-order valence-electron chi connectivity index (χ4n) is 3.02. The first kappa shape index (κ1) is 21.0. The lowest BCUT2D eigenvalue weighted by Gasteiger charge is -2.01. The van der Waals surface area contributed by atoms with Crippen LogP contribution in [0.15, 0.2) is 65.2 Å². The Bertz CT molecular complexity index is 1230. The molecule has 0 aliphatic rings. The molecule has 8 heteroatoms. The maximum atomic E-state index is 12.4. The molecule has 4 rings (SSSR count). The minimum absolute atomic E-state index is 0.0938. The Morgan fingerprint density at radius 1 is 1.10 bits per heavy atom. The highest BCUT2D eigenvalue weighted by Gasteiger charge is 2.18. The van der Waals surface area contributed by atoms with Gasteiger partial charge in [-0.25, -0.2) is 9.97 Å². The average molecular weight is 452 g/mol. The van der Waals surface area contributed by atoms with Gasteiger partial charge in [0.05, 0.1) is 21.8 Å². The second-order valence-corrected chi connectivity index (χ2v) is 8.17. The molecule has 4 aromatic rings. The number of amides is 1. The number of aryl methyl sites for hydroxylation is 1. The Kier molecular flexibility index (Phi) is 6.25. The van der Waals surface area contributed by atoms with Gasteiger partial charge in [-0.3, -0.25) is 9.59 Å². The predicted octanol–water partition coefficient (Wildman–Crippen LogP) is 5.89. The normalized spacial score (nSPS) is 10.8. The van der Waals surface area contributed by atoms with Crippen LogP contribution >= 0.6 is 22.9 Å². The van der Waals surface area contributed by atoms with E-state index in [2.05, 4.69) is 15.3 Å². The lowest BCUT2D eigenvalue weighted by atomic mass is 10.1. The summed E-state index contributed by atoms with van der Waals surface area (Å²) in [5.41, 5.74) is 2.15. The van der Waals surface area contributed by atoms with E-state index in [1.807, 2.05) is 48.5 Å². The fourth-order valence-corrected chi connectivity index (χ4v) is 4.15. The monoisotopic (exact) mass is 451 g/mol. The van der Waals surface area contributed by atoms with Crippen molar-refractivity contribution in [3.05, 3.63) is 76.6 Å². The Morgan fingerprint density at radius 2 is 1.84 bits per heavy atom. The number of oxazole rings is 1. The van der Waals surface area contributed by atoms with E-state index in [4.69, 9.17) is 16.0 Å². The maximum Gasteiger partial charge on any atom is 0.226 e. The quantitative estimate of drug-likeness (QED) is 0.354. The van der Waals surface area contributed by atoms with Gasteiger partial charge in [-0.05, 0) is 12.1 Å². The molecule has 156 valence electrons. The number of hydrogen-bond acceptors (Lipinski definition) is 6. The van der Waals surface area contributed by atoms with Crippen molar-refractivity contribution in [3.8, 4) is 22.6 Å². The van der Waals surface area contributed by atoms with Gasteiger partial charge in [0.1, 0.15) is 0 Å². The van der Waals surface area contributed by atoms with Gasteiger partial charge < -0.3 is 9.73 Å². The van der Waals surface area contributed by atoms with Crippen LogP contribution in [0.3, 0.4) is 0 Å². The number of anilines is 1. The van der Waals surface area contributed by atoms with Gasteiger partial charge in [0.15, 0.2) is 22.6 Å². The third kappa shape index (κ3) is 4.90. The standard InChI is InChI=1S/C23H18ClN3O3S/c1-14(28)22-21(15-7-3-2-4-8-15)27-23(31-22)26-19(29)11-12-20-25-13-18(30-20)16-9-5-6-10-17(16)24/h2-10,13H,11-12H2,1H3,(H,26,27,29). The number of ketones is 1. The number of nitrogens with one attached hydrogen (secondary N) is 1. The molecule has 2 heterocycles. The SMILES string of the molecule is CC(=O)c1sc(NC(=O)CCc2ncc(-c3ccccc3Cl)o2)nc1-c1ccccc1. The van der Waals surface area contributed by atoms with Crippen LogP contribution in [0.1, 0.15) is 28.9 Å². The van der Waals surface area contributed by atoms with Gasteiger partial charge >= 0.3 is 0 Å². The van der Waals surface area contributed by atoms with Crippen LogP contribution < -0.4 is 5.32 Å². The van der Waals surface area contributed by atoms with Crippen LogP contribution in [-0.2, 0) is 11.2 Å². The topological polar surface area (TPSA) is 85.1 Å². The minimum Gasteiger partial charge on any atom is -0.441 e. The van der Waals surface area contributed by atoms with E-state index in [9.17, 15) is 9.59 Å². The highest BCUT2D eigenvalue weighted by atomic mass is 35.5. The van der Waals surface area contributed by atoms with Crippen LogP contribution in [-0.4, -0.2) is 21.7 Å². The number of Topliss-reactive ketones (excluding diaryl/α,β-unsaturated/α-hetero) is 1. The lowest BCUT2D eigenvalue weighted by Crippen LogP contribution is -2.12. The van der Waals surface area contributed by atoms with Gasteiger partial charge in [-0.15, -0.1) is 0 Å². The van der Waals surface area contributed by atoms with Crippen molar-refractivity contribution in [1.82, 2.24) is 9.97 Å². The van der Waals surface area contributed by atoms with Crippen molar-refractivity contribution < 1.29 is 14.0 Å². The number of hydrogen-bond donors (Lipinski definition) is 1. The zero-order valence-electron chi connectivity index (χ0n) is 16.6. The summed E-state index contributed by atoms with van der Waals surface area (Å²) in [6.07, 6.45) is 2.09. The van der Waals surface area contributed by atoms with Gasteiger partial charge in [0.2, 0.25) is 5.91 Å². The molecule has 0 aliphatic heterocycles. The molecule has 2 aromatic heterocycles. The molecule has 2 aromatic carbocycles. The van der Waals surface area contributed by atoms with Crippen molar-refractivity contribution in [2.45, 2.75) is 19.8 Å². The summed E-state index contributed by atoms with van der Waals surface area (Å²) >= 11 is 7.35. The second kappa shape index (κ2) is 9.24. The van der Waals surface area contributed by atoms with E-state index in [0.717, 1.165) is 11.1 Å². The highest BCUT2D eigenvalue weighted by Crippen LogP contribution is 2.32. The van der Waals surface area contributed by atoms with Crippen LogP contribution in [0, 0.1) is 0 Å². The van der Waals surface area contributed by atoms with E-state index in [0.29, 0.717) is 38.8 Å². The highest BCUT2D eigenvalue weighted by molar-refractivity contribution is 7.18. The van der Waals surface area contributed by atoms with Crippen molar-refractivity contribution >= 4 is 39.8 Å². The molecule has 0 bridgehead atoms. The molecule has 0 radical (unpaired) electrons. The summed E-state index contributed by atoms with van der Waals surface area (Å²) < 4.78 is 5.73. The molecule has 1 N–H and O–H groups in total. The van der Waals surface area contributed by atoms with E-state index >= 15 is 0 Å². The van der Waals surface area contributed by atoms with Crippen molar-refractivity contribution in [1.29, 1.82) is 0 Å². The van der Waals surface area contributed by atoms with E-state index < -0.39 is 0 Å². The Morgan fingerprint density at radius 3 is 2.58 bits per heavy atom. The molecule has 0 aliphatic carbocycles. The lowest BCUT2D eigenvalue weighted by molar-refractivity contribution is -0.116. The van der Waals surface area contributed by atoms with Crippen LogP contribution in [0.4, 0.5) is 5.13 Å². The number of thiazole rings is 1. The summed E-state index contributed by atoms with van der Waals surface area (Å²) in [4.78, 5) is 33.6. The number of nitrogens with zero attached hydrogens (tertiary/aromatic N) is 2. The zero-order valence-corrected chi connectivity index (χ0v) is 18.2. The van der Waals surface area contributed by atoms with Crippen LogP contribution in [0.2, 0.25) is 5.02 Å². The van der Waals surface area contributed by atoms with Crippen molar-refractivity contribution in [3.63, 3.8) is 0 Å². The molecular weight excluding hydrogens is 434 g/mol. The summed E-state index contributed by atoms with van der Waals surface area (Å²) in [5, 5.41) is 3.73. The van der Waals surface area contributed by atoms with Crippen molar-refractivity contribution in [2.24, 2.45) is 0 Å². The molecule has 0 fully saturated rings. The number of aromatic nitrogens is 2. The number of carbonyl (C=O) groups is 2. The smallest absolute Gasteiger partial charge is 0.226 e. The van der Waals surface area contributed by atoms with E-state index in [1.165, 1.54) is 18.3 Å². The fraction of sp³-hybridized carbons (Fsp3) is 0.130. The Balaban J connectivity index is 1.42. The zero-order chi connectivity index (χ0) is 21.8. The third-order valence-electron chi connectivity index (χ3n) is 4.50. The third-order valence-corrected chi connectivity index (χ3v) is 5.90. The molecular formula is C23H18ClN3O3S. The molecule has 0 atom stereocenters. The number of rotatable bonds is 7. The number of halogens is 1. The van der Waals surface area contributed by atoms with Gasteiger partial charge in [0, 0.05) is 30.9 Å². The van der Waals surface area contributed by atoms with Gasteiger partial charge in [-0.2, -0.15) is 0 Å². The number of carbonyl (C=O) groups excluding carboxylic acids is 2. The maximum absolute atomic E-state index is 12.4. The molecule has 0 spiro atoms. The Labute approximate surface area is 187 Å². The summed E-state index contributed by atoms with van der Waals surface area (Å²) in [7, 11) is 0. The molecule has 31 heavy (non-hydrogen) atoms. The Hall–Kier alpha value is -3.29. The van der Waals surface area contributed by atoms with Crippen molar-refractivity contribution in [2.75, 3.05) is 5.32 Å². The summed E-state index contributed by atoms with van der Waals surface area (Å²) in [6.45, 7) is 1.49. The molecule has 0 unspecified atom stereocenters. The minimum atomic E-state index is -0.235. The van der Waals surface area contributed by atoms with E-state index in [-0.39, 0.29) is 18.1 Å². The van der Waals surface area contributed by atoms with Crippen LogP contribution in [0.25, 0.3) is 22.6 Å². The van der Waals surface area contributed by atoms with Gasteiger partial charge in [-0.1, -0.05) is 65.4 Å². The molecule has 0 saturated carbocycles. The largest absolute Gasteiger partial charge is 0.441 e. The predicted molar refractivity (Wildman–Crippen MR) is 121 cm³/mol. The first-order chi connectivity index (χ1) is 15.0. The summed E-state index contributed by atoms with van der Waals surface area (Å²) in [5.74, 6) is 0.669. The summed E-state index contributed by atoms with van der Waals surface area (Å²) in [6, 6.07) is 16.7. The number of benzene rings is 2. The second-order valence-electron chi connectivity index (χ2n) is 6.77. The van der Waals surface area contributed by atoms with Gasteiger partial charge in [0.25, 0.3) is 0 Å². The first-order valence-electron chi connectivity index (χ1n) is 9.58. The first-order valence-corrected chi connectivity index (χ1v) is 10.8. The molecule has 0 saturated heterocycles. The molecule has 6 nitrogen and oxygen atoms in total.